The van der Waals surface area contributed by atoms with E-state index in [1.165, 1.54) is 0 Å². The van der Waals surface area contributed by atoms with Gasteiger partial charge in [-0.25, -0.2) is 0 Å². The van der Waals surface area contributed by atoms with Gasteiger partial charge >= 0.3 is 5.97 Å². The van der Waals surface area contributed by atoms with Crippen LogP contribution in [0.3, 0.4) is 0 Å². The highest BCUT2D eigenvalue weighted by molar-refractivity contribution is 5.95. The number of carbonyl (C=O) groups is 2. The van der Waals surface area contributed by atoms with Crippen LogP contribution in [0.4, 0.5) is 0 Å². The highest BCUT2D eigenvalue weighted by atomic mass is 16.5. The molecule has 1 N–H and O–H groups in total. The third-order valence-corrected chi connectivity index (χ3v) is 4.33. The van der Waals surface area contributed by atoms with Gasteiger partial charge in [-0.05, 0) is 35.7 Å². The first-order valence-electron chi connectivity index (χ1n) is 8.43. The highest BCUT2D eigenvalue weighted by Crippen LogP contribution is 2.29. The molecule has 0 spiro atoms. The predicted molar refractivity (Wildman–Crippen MR) is 93.8 cm³/mol. The lowest BCUT2D eigenvalue weighted by molar-refractivity contribution is -0.139. The van der Waals surface area contributed by atoms with E-state index in [2.05, 4.69) is 0 Å². The molecule has 0 saturated heterocycles. The Morgan fingerprint density at radius 2 is 2.00 bits per heavy atom. The largest absolute Gasteiger partial charge is 0.494 e. The molecule has 1 heterocycles. The number of carboxylic acid groups (broad SMARTS) is 1. The average Bonchev–Trinajstić information content (AvgIpc) is 2.65. The van der Waals surface area contributed by atoms with Crippen molar-refractivity contribution < 1.29 is 19.4 Å². The van der Waals surface area contributed by atoms with Crippen molar-refractivity contribution in [3.63, 3.8) is 0 Å². The van der Waals surface area contributed by atoms with Gasteiger partial charge in [0.05, 0.1) is 12.5 Å². The van der Waals surface area contributed by atoms with Gasteiger partial charge < -0.3 is 14.7 Å². The zero-order chi connectivity index (χ0) is 17.8. The Bertz CT molecular complexity index is 787. The number of carboxylic acids is 1. The molecule has 0 saturated carbocycles. The third-order valence-electron chi connectivity index (χ3n) is 4.33. The molecule has 3 rings (SSSR count). The molecule has 1 aliphatic heterocycles. The number of fused-ring (bicyclic) bond motifs is 1. The van der Waals surface area contributed by atoms with Gasteiger partial charge in [0.15, 0.2) is 0 Å². The van der Waals surface area contributed by atoms with E-state index in [0.29, 0.717) is 24.5 Å². The first-order valence-corrected chi connectivity index (χ1v) is 8.43. The summed E-state index contributed by atoms with van der Waals surface area (Å²) in [6.07, 6.45) is 0.890. The number of nitrogens with zero attached hydrogens (tertiary/aromatic N) is 1. The van der Waals surface area contributed by atoms with E-state index < -0.39 is 11.9 Å². The molecule has 0 fully saturated rings. The fraction of sp³-hybridized carbons (Fsp3) is 0.300. The number of hydrogen-bond donors (Lipinski definition) is 1. The van der Waals surface area contributed by atoms with Crippen LogP contribution in [0.1, 0.15) is 40.7 Å². The fourth-order valence-electron chi connectivity index (χ4n) is 3.09. The Labute approximate surface area is 146 Å². The van der Waals surface area contributed by atoms with Crippen LogP contribution >= 0.6 is 0 Å². The molecule has 2 aromatic carbocycles. The fourth-order valence-corrected chi connectivity index (χ4v) is 3.09. The highest BCUT2D eigenvalue weighted by Gasteiger charge is 2.32. The smallest absolute Gasteiger partial charge is 0.312 e. The Hall–Kier alpha value is -2.82. The summed E-state index contributed by atoms with van der Waals surface area (Å²) in [6.45, 7) is 3.20. The van der Waals surface area contributed by atoms with Gasteiger partial charge in [0.1, 0.15) is 5.75 Å². The van der Waals surface area contributed by atoms with Crippen LogP contribution in [0, 0.1) is 0 Å². The summed E-state index contributed by atoms with van der Waals surface area (Å²) in [4.78, 5) is 26.1. The quantitative estimate of drug-likeness (QED) is 0.908. The number of hydrogen-bond acceptors (Lipinski definition) is 3. The van der Waals surface area contributed by atoms with E-state index in [4.69, 9.17) is 4.74 Å². The van der Waals surface area contributed by atoms with Crippen LogP contribution in [0.15, 0.2) is 48.5 Å². The lowest BCUT2D eigenvalue weighted by atomic mass is 9.89. The summed E-state index contributed by atoms with van der Waals surface area (Å²) in [5.41, 5.74) is 2.18. The molecule has 0 bridgehead atoms. The van der Waals surface area contributed by atoms with E-state index in [-0.39, 0.29) is 12.5 Å². The van der Waals surface area contributed by atoms with Gasteiger partial charge in [0, 0.05) is 18.7 Å². The van der Waals surface area contributed by atoms with Gasteiger partial charge in [-0.15, -0.1) is 0 Å². The number of amides is 1. The van der Waals surface area contributed by atoms with Crippen molar-refractivity contribution in [2.24, 2.45) is 0 Å². The molecule has 5 heteroatoms. The molecular formula is C20H21NO4. The average molecular weight is 339 g/mol. The van der Waals surface area contributed by atoms with Crippen LogP contribution in [0.5, 0.6) is 5.75 Å². The maximum atomic E-state index is 12.9. The van der Waals surface area contributed by atoms with Crippen molar-refractivity contribution in [3.8, 4) is 5.75 Å². The maximum Gasteiger partial charge on any atom is 0.312 e. The Morgan fingerprint density at radius 3 is 2.76 bits per heavy atom. The molecule has 130 valence electrons. The summed E-state index contributed by atoms with van der Waals surface area (Å²) in [7, 11) is 0. The second kappa shape index (κ2) is 7.38. The Morgan fingerprint density at radius 1 is 1.20 bits per heavy atom. The molecule has 1 aliphatic rings. The van der Waals surface area contributed by atoms with Crippen LogP contribution in [0.2, 0.25) is 0 Å². The third kappa shape index (κ3) is 3.65. The van der Waals surface area contributed by atoms with Crippen molar-refractivity contribution in [1.82, 2.24) is 4.90 Å². The topological polar surface area (TPSA) is 66.8 Å². The summed E-state index contributed by atoms with van der Waals surface area (Å²) in [6, 6.07) is 14.5. The summed E-state index contributed by atoms with van der Waals surface area (Å²) in [5.74, 6) is -1.14. The number of aliphatic carboxylic acids is 1. The normalized spacial score (nSPS) is 16.2. The molecule has 1 atom stereocenters. The van der Waals surface area contributed by atoms with Crippen molar-refractivity contribution in [2.75, 3.05) is 13.2 Å². The first-order chi connectivity index (χ1) is 12.1. The van der Waals surface area contributed by atoms with E-state index in [1.54, 1.807) is 23.1 Å². The summed E-state index contributed by atoms with van der Waals surface area (Å²) >= 11 is 0. The van der Waals surface area contributed by atoms with Gasteiger partial charge in [0.25, 0.3) is 5.91 Å². The minimum absolute atomic E-state index is 0.172. The van der Waals surface area contributed by atoms with Crippen LogP contribution in [0.25, 0.3) is 0 Å². The molecule has 0 aromatic heterocycles. The maximum absolute atomic E-state index is 12.9. The van der Waals surface area contributed by atoms with Gasteiger partial charge in [-0.2, -0.15) is 0 Å². The second-order valence-corrected chi connectivity index (χ2v) is 6.15. The van der Waals surface area contributed by atoms with E-state index in [1.807, 2.05) is 37.3 Å². The van der Waals surface area contributed by atoms with Crippen molar-refractivity contribution in [1.29, 1.82) is 0 Å². The van der Waals surface area contributed by atoms with E-state index >= 15 is 0 Å². The van der Waals surface area contributed by atoms with Crippen molar-refractivity contribution in [2.45, 2.75) is 25.8 Å². The standard InChI is InChI=1S/C20H21NO4/c1-2-10-25-16-8-5-7-14(11-16)19(22)21-12-15-6-3-4-9-17(15)18(13-21)20(23)24/h3-9,11,18H,2,10,12-13H2,1H3,(H,23,24). The monoisotopic (exact) mass is 339 g/mol. The van der Waals surface area contributed by atoms with Crippen LogP contribution in [-0.2, 0) is 11.3 Å². The Balaban J connectivity index is 1.85. The number of ether oxygens (including phenoxy) is 1. The molecule has 0 radical (unpaired) electrons. The summed E-state index contributed by atoms with van der Waals surface area (Å²) in [5, 5.41) is 9.54. The summed E-state index contributed by atoms with van der Waals surface area (Å²) < 4.78 is 5.58. The van der Waals surface area contributed by atoms with Gasteiger partial charge in [-0.1, -0.05) is 37.3 Å². The molecule has 1 amide bonds. The zero-order valence-corrected chi connectivity index (χ0v) is 14.1. The molecule has 5 nitrogen and oxygen atoms in total. The number of benzene rings is 2. The van der Waals surface area contributed by atoms with Crippen LogP contribution in [-0.4, -0.2) is 35.0 Å². The predicted octanol–water partition coefficient (Wildman–Crippen LogP) is 3.30. The SMILES string of the molecule is CCCOc1cccc(C(=O)N2Cc3ccccc3C(C(=O)O)C2)c1. The van der Waals surface area contributed by atoms with Crippen molar-refractivity contribution >= 4 is 11.9 Å². The molecular weight excluding hydrogens is 318 g/mol. The van der Waals surface area contributed by atoms with E-state index in [0.717, 1.165) is 17.5 Å². The molecule has 2 aromatic rings. The van der Waals surface area contributed by atoms with Gasteiger partial charge in [-0.3, -0.25) is 9.59 Å². The number of rotatable bonds is 5. The lowest BCUT2D eigenvalue weighted by Crippen LogP contribution is -2.40. The number of carbonyl (C=O) groups excluding carboxylic acids is 1. The minimum atomic E-state index is -0.912. The molecule has 25 heavy (non-hydrogen) atoms. The zero-order valence-electron chi connectivity index (χ0n) is 14.1. The first kappa shape index (κ1) is 17.0. The Kier molecular flexibility index (Phi) is 5.03. The van der Waals surface area contributed by atoms with E-state index in [9.17, 15) is 14.7 Å². The lowest BCUT2D eigenvalue weighted by Gasteiger charge is -2.33. The van der Waals surface area contributed by atoms with Crippen molar-refractivity contribution in [3.05, 3.63) is 65.2 Å². The minimum Gasteiger partial charge on any atom is -0.494 e. The van der Waals surface area contributed by atoms with Gasteiger partial charge in [0.2, 0.25) is 0 Å². The van der Waals surface area contributed by atoms with Crippen LogP contribution < -0.4 is 4.74 Å². The molecule has 0 aliphatic carbocycles. The molecule has 1 unspecified atom stereocenters. The second-order valence-electron chi connectivity index (χ2n) is 6.15.